The molecular weight excluding hydrogens is 256 g/mol. The van der Waals surface area contributed by atoms with Crippen molar-refractivity contribution in [2.45, 2.75) is 25.4 Å². The molecule has 0 aromatic carbocycles. The number of carbonyl (C=O) groups is 2. The number of carboxylic acid groups (broad SMARTS) is 1. The number of carbonyl (C=O) groups excluding carboxylic acids is 1. The molecule has 0 saturated heterocycles. The van der Waals surface area contributed by atoms with Crippen LogP contribution in [0.3, 0.4) is 0 Å². The number of ether oxygens (including phenoxy) is 1. The van der Waals surface area contributed by atoms with E-state index in [0.29, 0.717) is 25.3 Å². The SMILES string of the molecule is COCCCC(NC(=O)NCc1nn[nH]n1)C(=O)O. The predicted molar refractivity (Wildman–Crippen MR) is 62.1 cm³/mol. The first-order valence-corrected chi connectivity index (χ1v) is 5.62. The Morgan fingerprint density at radius 2 is 2.32 bits per heavy atom. The first kappa shape index (κ1) is 14.8. The molecule has 10 nitrogen and oxygen atoms in total. The van der Waals surface area contributed by atoms with Crippen LogP contribution in [0.15, 0.2) is 0 Å². The van der Waals surface area contributed by atoms with Crippen molar-refractivity contribution < 1.29 is 19.4 Å². The third-order valence-electron chi connectivity index (χ3n) is 2.24. The van der Waals surface area contributed by atoms with Gasteiger partial charge in [0.1, 0.15) is 6.04 Å². The second-order valence-electron chi connectivity index (χ2n) is 3.68. The molecule has 0 aliphatic rings. The van der Waals surface area contributed by atoms with Crippen molar-refractivity contribution >= 4 is 12.0 Å². The summed E-state index contributed by atoms with van der Waals surface area (Å²) in [6.07, 6.45) is 0.831. The van der Waals surface area contributed by atoms with E-state index in [1.165, 1.54) is 7.11 Å². The van der Waals surface area contributed by atoms with Gasteiger partial charge in [0, 0.05) is 13.7 Å². The van der Waals surface area contributed by atoms with Gasteiger partial charge in [-0.25, -0.2) is 9.59 Å². The molecule has 19 heavy (non-hydrogen) atoms. The van der Waals surface area contributed by atoms with Gasteiger partial charge in [0.25, 0.3) is 0 Å². The van der Waals surface area contributed by atoms with Crippen LogP contribution in [0.5, 0.6) is 0 Å². The Morgan fingerprint density at radius 3 is 2.89 bits per heavy atom. The number of aromatic amines is 1. The summed E-state index contributed by atoms with van der Waals surface area (Å²) in [5.41, 5.74) is 0. The molecule has 1 aromatic heterocycles. The molecule has 0 aliphatic heterocycles. The van der Waals surface area contributed by atoms with E-state index in [0.717, 1.165) is 0 Å². The average Bonchev–Trinajstić information content (AvgIpc) is 2.88. The number of hydrogen-bond donors (Lipinski definition) is 4. The number of hydrogen-bond acceptors (Lipinski definition) is 6. The Bertz CT molecular complexity index is 395. The number of nitrogens with zero attached hydrogens (tertiary/aromatic N) is 3. The van der Waals surface area contributed by atoms with Gasteiger partial charge in [-0.15, -0.1) is 10.2 Å². The number of carboxylic acids is 1. The molecule has 1 heterocycles. The molecule has 1 atom stereocenters. The van der Waals surface area contributed by atoms with Crippen LogP contribution in [-0.4, -0.2) is 57.5 Å². The molecule has 10 heteroatoms. The smallest absolute Gasteiger partial charge is 0.326 e. The maximum Gasteiger partial charge on any atom is 0.326 e. The maximum atomic E-state index is 11.5. The molecule has 0 spiro atoms. The summed E-state index contributed by atoms with van der Waals surface area (Å²) < 4.78 is 4.83. The van der Waals surface area contributed by atoms with Gasteiger partial charge in [-0.3, -0.25) is 0 Å². The third kappa shape index (κ3) is 5.77. The fourth-order valence-corrected chi connectivity index (χ4v) is 1.32. The molecule has 2 amide bonds. The number of urea groups is 1. The van der Waals surface area contributed by atoms with Crippen molar-refractivity contribution in [2.24, 2.45) is 0 Å². The minimum Gasteiger partial charge on any atom is -0.480 e. The van der Waals surface area contributed by atoms with Crippen LogP contribution in [0.2, 0.25) is 0 Å². The zero-order valence-corrected chi connectivity index (χ0v) is 10.4. The predicted octanol–water partition coefficient (Wildman–Crippen LogP) is -1.12. The lowest BCUT2D eigenvalue weighted by molar-refractivity contribution is -0.139. The van der Waals surface area contributed by atoms with Crippen LogP contribution >= 0.6 is 0 Å². The number of rotatable bonds is 8. The highest BCUT2D eigenvalue weighted by molar-refractivity contribution is 5.82. The minimum atomic E-state index is -1.09. The van der Waals surface area contributed by atoms with Crippen LogP contribution in [0, 0.1) is 0 Å². The lowest BCUT2D eigenvalue weighted by atomic mass is 10.1. The molecule has 0 saturated carbocycles. The molecule has 1 unspecified atom stereocenters. The summed E-state index contributed by atoms with van der Waals surface area (Å²) in [6.45, 7) is 0.503. The molecule has 0 aliphatic carbocycles. The quantitative estimate of drug-likeness (QED) is 0.439. The van der Waals surface area contributed by atoms with Crippen molar-refractivity contribution in [1.82, 2.24) is 31.3 Å². The van der Waals surface area contributed by atoms with Gasteiger partial charge < -0.3 is 20.5 Å². The number of nitrogens with one attached hydrogen (secondary N) is 3. The Balaban J connectivity index is 2.32. The summed E-state index contributed by atoms with van der Waals surface area (Å²) in [4.78, 5) is 22.4. The molecule has 1 aromatic rings. The van der Waals surface area contributed by atoms with Crippen molar-refractivity contribution in [3.05, 3.63) is 5.82 Å². The Labute approximate surface area is 108 Å². The van der Waals surface area contributed by atoms with E-state index in [9.17, 15) is 9.59 Å². The van der Waals surface area contributed by atoms with E-state index < -0.39 is 18.0 Å². The number of H-pyrrole nitrogens is 1. The normalized spacial score (nSPS) is 11.8. The molecule has 0 radical (unpaired) electrons. The van der Waals surface area contributed by atoms with Crippen molar-refractivity contribution in [3.8, 4) is 0 Å². The van der Waals surface area contributed by atoms with Crippen LogP contribution in [0.25, 0.3) is 0 Å². The summed E-state index contributed by atoms with van der Waals surface area (Å²) in [5, 5.41) is 26.6. The van der Waals surface area contributed by atoms with Crippen LogP contribution < -0.4 is 10.6 Å². The van der Waals surface area contributed by atoms with Crippen LogP contribution in [0.1, 0.15) is 18.7 Å². The number of amides is 2. The fraction of sp³-hybridized carbons (Fsp3) is 0.667. The second kappa shape index (κ2) is 7.97. The van der Waals surface area contributed by atoms with Gasteiger partial charge in [0.2, 0.25) is 0 Å². The second-order valence-corrected chi connectivity index (χ2v) is 3.68. The molecular formula is C9H16N6O4. The van der Waals surface area contributed by atoms with Crippen molar-refractivity contribution in [3.63, 3.8) is 0 Å². The van der Waals surface area contributed by atoms with Gasteiger partial charge in [0.15, 0.2) is 5.82 Å². The first-order valence-electron chi connectivity index (χ1n) is 5.62. The van der Waals surface area contributed by atoms with E-state index in [-0.39, 0.29) is 6.54 Å². The van der Waals surface area contributed by atoms with Gasteiger partial charge in [0.05, 0.1) is 6.54 Å². The van der Waals surface area contributed by atoms with Gasteiger partial charge in [-0.2, -0.15) is 5.21 Å². The third-order valence-corrected chi connectivity index (χ3v) is 2.24. The van der Waals surface area contributed by atoms with E-state index in [1.807, 2.05) is 0 Å². The van der Waals surface area contributed by atoms with E-state index in [1.54, 1.807) is 0 Å². The molecule has 0 fully saturated rings. The summed E-state index contributed by atoms with van der Waals surface area (Å²) in [5.74, 6) is -0.785. The Hall–Kier alpha value is -2.23. The number of tetrazole rings is 1. The zero-order chi connectivity index (χ0) is 14.1. The fourth-order valence-electron chi connectivity index (χ4n) is 1.32. The topological polar surface area (TPSA) is 142 Å². The summed E-state index contributed by atoms with van der Waals surface area (Å²) in [6, 6.07) is -1.56. The van der Waals surface area contributed by atoms with E-state index in [4.69, 9.17) is 9.84 Å². The van der Waals surface area contributed by atoms with Crippen LogP contribution in [0.4, 0.5) is 4.79 Å². The standard InChI is InChI=1S/C9H16N6O4/c1-19-4-2-3-6(8(16)17)11-9(18)10-5-7-12-14-15-13-7/h6H,2-5H2,1H3,(H,16,17)(H2,10,11,18)(H,12,13,14,15). The van der Waals surface area contributed by atoms with Gasteiger partial charge >= 0.3 is 12.0 Å². The van der Waals surface area contributed by atoms with Crippen molar-refractivity contribution in [2.75, 3.05) is 13.7 Å². The van der Waals surface area contributed by atoms with E-state index >= 15 is 0 Å². The lowest BCUT2D eigenvalue weighted by Gasteiger charge is -2.14. The maximum absolute atomic E-state index is 11.5. The highest BCUT2D eigenvalue weighted by Gasteiger charge is 2.19. The summed E-state index contributed by atoms with van der Waals surface area (Å²) >= 11 is 0. The first-order chi connectivity index (χ1) is 9.13. The Kier molecular flexibility index (Phi) is 6.22. The van der Waals surface area contributed by atoms with Crippen LogP contribution in [-0.2, 0) is 16.1 Å². The monoisotopic (exact) mass is 272 g/mol. The highest BCUT2D eigenvalue weighted by atomic mass is 16.5. The molecule has 4 N–H and O–H groups in total. The number of aliphatic carboxylic acids is 1. The molecule has 0 bridgehead atoms. The number of aromatic nitrogens is 4. The minimum absolute atomic E-state index is 0.0622. The highest BCUT2D eigenvalue weighted by Crippen LogP contribution is 1.98. The van der Waals surface area contributed by atoms with E-state index in [2.05, 4.69) is 31.3 Å². The zero-order valence-electron chi connectivity index (χ0n) is 10.4. The van der Waals surface area contributed by atoms with Crippen molar-refractivity contribution in [1.29, 1.82) is 0 Å². The molecule has 1 rings (SSSR count). The average molecular weight is 272 g/mol. The Morgan fingerprint density at radius 1 is 1.53 bits per heavy atom. The lowest BCUT2D eigenvalue weighted by Crippen LogP contribution is -2.45. The summed E-state index contributed by atoms with van der Waals surface area (Å²) in [7, 11) is 1.53. The largest absolute Gasteiger partial charge is 0.480 e. The van der Waals surface area contributed by atoms with Gasteiger partial charge in [-0.05, 0) is 12.8 Å². The van der Waals surface area contributed by atoms with Gasteiger partial charge in [-0.1, -0.05) is 5.21 Å². The number of methoxy groups -OCH3 is 1. The molecule has 106 valence electrons.